The molecule has 3 aromatic rings. The fraction of sp³-hybridized carbons (Fsp3) is 0.136. The van der Waals surface area contributed by atoms with E-state index < -0.39 is 5.41 Å². The van der Waals surface area contributed by atoms with Gasteiger partial charge in [-0.2, -0.15) is 0 Å². The molecule has 3 aromatic carbocycles. The van der Waals surface area contributed by atoms with Crippen LogP contribution in [0.2, 0.25) is 0 Å². The summed E-state index contributed by atoms with van der Waals surface area (Å²) in [6.07, 6.45) is 0. The minimum Gasteiger partial charge on any atom is -0.307 e. The van der Waals surface area contributed by atoms with Gasteiger partial charge in [0.15, 0.2) is 0 Å². The Morgan fingerprint density at radius 3 is 2.08 bits per heavy atom. The summed E-state index contributed by atoms with van der Waals surface area (Å²) in [5.41, 5.74) is 3.55. The molecule has 124 valence electrons. The van der Waals surface area contributed by atoms with Gasteiger partial charge >= 0.3 is 0 Å². The van der Waals surface area contributed by atoms with Crippen molar-refractivity contribution in [2.75, 3.05) is 10.2 Å². The van der Waals surface area contributed by atoms with E-state index in [1.54, 1.807) is 0 Å². The predicted molar refractivity (Wildman–Crippen MR) is 105 cm³/mol. The van der Waals surface area contributed by atoms with Crippen LogP contribution in [-0.2, 0) is 16.8 Å². The predicted octanol–water partition coefficient (Wildman–Crippen LogP) is 4.91. The molecular weight excluding hydrogens is 374 g/mol. The first kappa shape index (κ1) is 16.1. The van der Waals surface area contributed by atoms with Crippen LogP contribution >= 0.6 is 15.9 Å². The molecule has 0 saturated heterocycles. The van der Waals surface area contributed by atoms with E-state index in [1.165, 1.54) is 0 Å². The monoisotopic (exact) mass is 391 g/mol. The van der Waals surface area contributed by atoms with Gasteiger partial charge in [-0.1, -0.05) is 94.8 Å². The first-order valence-corrected chi connectivity index (χ1v) is 9.46. The molecule has 1 amide bonds. The lowest BCUT2D eigenvalue weighted by atomic mass is 9.77. The van der Waals surface area contributed by atoms with Crippen molar-refractivity contribution in [3.63, 3.8) is 0 Å². The van der Waals surface area contributed by atoms with Crippen LogP contribution in [0.4, 0.5) is 5.69 Å². The molecule has 0 N–H and O–H groups in total. The van der Waals surface area contributed by atoms with Crippen LogP contribution in [0.3, 0.4) is 0 Å². The van der Waals surface area contributed by atoms with Gasteiger partial charge in [-0.15, -0.1) is 0 Å². The van der Waals surface area contributed by atoms with Gasteiger partial charge in [0.1, 0.15) is 5.41 Å². The molecule has 0 bridgehead atoms. The molecule has 1 heterocycles. The van der Waals surface area contributed by atoms with E-state index in [9.17, 15) is 4.79 Å². The molecule has 0 unspecified atom stereocenters. The summed E-state index contributed by atoms with van der Waals surface area (Å²) in [6.45, 7) is 0.582. The van der Waals surface area contributed by atoms with Crippen LogP contribution in [0, 0.1) is 0 Å². The quantitative estimate of drug-likeness (QED) is 0.578. The number of carbonyl (C=O) groups is 1. The Morgan fingerprint density at radius 1 is 0.800 bits per heavy atom. The normalized spacial score (nSPS) is 19.1. The second-order valence-electron chi connectivity index (χ2n) is 6.30. The molecule has 1 atom stereocenters. The average molecular weight is 392 g/mol. The SMILES string of the molecule is O=C1N(Cc2ccccc2)c2ccccc2[C@]1(CBr)c1ccccc1. The minimum absolute atomic E-state index is 0.126. The van der Waals surface area contributed by atoms with Gasteiger partial charge in [-0.25, -0.2) is 0 Å². The number of hydrogen-bond donors (Lipinski definition) is 0. The lowest BCUT2D eigenvalue weighted by molar-refractivity contribution is -0.121. The molecule has 1 aliphatic heterocycles. The van der Waals surface area contributed by atoms with Crippen molar-refractivity contribution in [2.24, 2.45) is 0 Å². The number of alkyl halides is 1. The third kappa shape index (κ3) is 2.50. The molecule has 0 aromatic heterocycles. The average Bonchev–Trinajstić information content (AvgIpc) is 2.92. The van der Waals surface area contributed by atoms with Crippen LogP contribution < -0.4 is 4.90 Å². The molecule has 0 aliphatic carbocycles. The Labute approximate surface area is 156 Å². The second kappa shape index (κ2) is 6.49. The van der Waals surface area contributed by atoms with Crippen LogP contribution in [0.1, 0.15) is 16.7 Å². The second-order valence-corrected chi connectivity index (χ2v) is 6.86. The molecule has 2 nitrogen and oxygen atoms in total. The van der Waals surface area contributed by atoms with Gasteiger partial charge in [-0.05, 0) is 22.8 Å². The zero-order valence-electron chi connectivity index (χ0n) is 13.7. The number of nitrogens with zero attached hydrogens (tertiary/aromatic N) is 1. The van der Waals surface area contributed by atoms with Crippen LogP contribution in [0.25, 0.3) is 0 Å². The largest absolute Gasteiger partial charge is 0.307 e. The van der Waals surface area contributed by atoms with E-state index in [0.29, 0.717) is 11.9 Å². The van der Waals surface area contributed by atoms with Gasteiger partial charge in [0.25, 0.3) is 0 Å². The number of halogens is 1. The summed E-state index contributed by atoms with van der Waals surface area (Å²) >= 11 is 3.65. The Balaban J connectivity index is 1.86. The van der Waals surface area contributed by atoms with Crippen molar-refractivity contribution in [1.82, 2.24) is 0 Å². The Kier molecular flexibility index (Phi) is 4.18. The first-order chi connectivity index (χ1) is 12.3. The van der Waals surface area contributed by atoms with Crippen molar-refractivity contribution in [1.29, 1.82) is 0 Å². The molecule has 0 saturated carbocycles. The number of para-hydroxylation sites is 1. The van der Waals surface area contributed by atoms with E-state index in [4.69, 9.17) is 0 Å². The van der Waals surface area contributed by atoms with Gasteiger partial charge in [0.05, 0.1) is 6.54 Å². The maximum atomic E-state index is 13.6. The highest BCUT2D eigenvalue weighted by Crippen LogP contribution is 2.47. The maximum absolute atomic E-state index is 13.6. The molecule has 1 aliphatic rings. The summed E-state index contributed by atoms with van der Waals surface area (Å²) in [5.74, 6) is 0.126. The molecule has 0 fully saturated rings. The Morgan fingerprint density at radius 2 is 1.40 bits per heavy atom. The summed E-state index contributed by atoms with van der Waals surface area (Å²) < 4.78 is 0. The van der Waals surface area contributed by atoms with Crippen molar-refractivity contribution >= 4 is 27.5 Å². The molecule has 4 rings (SSSR count). The standard InChI is InChI=1S/C22H18BrNO/c23-16-22(18-11-5-2-6-12-18)19-13-7-8-14-20(19)24(21(22)25)15-17-9-3-1-4-10-17/h1-14H,15-16H2/t22-/m0/s1. The fourth-order valence-corrected chi connectivity index (χ4v) is 4.52. The highest BCUT2D eigenvalue weighted by Gasteiger charge is 2.51. The van der Waals surface area contributed by atoms with E-state index in [1.807, 2.05) is 71.6 Å². The number of carbonyl (C=O) groups excluding carboxylic acids is 1. The van der Waals surface area contributed by atoms with Crippen molar-refractivity contribution in [3.05, 3.63) is 102 Å². The third-order valence-electron chi connectivity index (χ3n) is 4.92. The molecule has 0 spiro atoms. The van der Waals surface area contributed by atoms with E-state index in [0.717, 1.165) is 22.4 Å². The van der Waals surface area contributed by atoms with Crippen LogP contribution in [0.5, 0.6) is 0 Å². The number of rotatable bonds is 4. The smallest absolute Gasteiger partial charge is 0.243 e. The first-order valence-electron chi connectivity index (χ1n) is 8.34. The van der Waals surface area contributed by atoms with Gasteiger partial charge < -0.3 is 4.90 Å². The van der Waals surface area contributed by atoms with Gasteiger partial charge in [0.2, 0.25) is 5.91 Å². The number of fused-ring (bicyclic) bond motifs is 1. The summed E-state index contributed by atoms with van der Waals surface area (Å²) in [4.78, 5) is 15.5. The van der Waals surface area contributed by atoms with Crippen LogP contribution in [0.15, 0.2) is 84.9 Å². The maximum Gasteiger partial charge on any atom is 0.243 e. The third-order valence-corrected chi connectivity index (χ3v) is 5.76. The number of hydrogen-bond acceptors (Lipinski definition) is 1. The summed E-state index contributed by atoms with van der Waals surface area (Å²) in [6, 6.07) is 28.3. The molecule has 25 heavy (non-hydrogen) atoms. The molecule has 3 heteroatoms. The van der Waals surface area contributed by atoms with Crippen LogP contribution in [-0.4, -0.2) is 11.2 Å². The Bertz CT molecular complexity index is 894. The van der Waals surface area contributed by atoms with Gasteiger partial charge in [0, 0.05) is 11.0 Å². The lowest BCUT2D eigenvalue weighted by Crippen LogP contribution is -2.42. The number of amides is 1. The fourth-order valence-electron chi connectivity index (χ4n) is 3.66. The zero-order chi connectivity index (χ0) is 17.3. The number of anilines is 1. The number of benzene rings is 3. The van der Waals surface area contributed by atoms with E-state index >= 15 is 0 Å². The van der Waals surface area contributed by atoms with E-state index in [2.05, 4.69) is 34.1 Å². The highest BCUT2D eigenvalue weighted by molar-refractivity contribution is 9.09. The molecule has 0 radical (unpaired) electrons. The van der Waals surface area contributed by atoms with Gasteiger partial charge in [-0.3, -0.25) is 4.79 Å². The minimum atomic E-state index is -0.674. The topological polar surface area (TPSA) is 20.3 Å². The van der Waals surface area contributed by atoms with Crippen molar-refractivity contribution in [2.45, 2.75) is 12.0 Å². The van der Waals surface area contributed by atoms with Crippen molar-refractivity contribution in [3.8, 4) is 0 Å². The molecular formula is C22H18BrNO. The lowest BCUT2D eigenvalue weighted by Gasteiger charge is -2.27. The summed E-state index contributed by atoms with van der Waals surface area (Å²) in [7, 11) is 0. The summed E-state index contributed by atoms with van der Waals surface area (Å²) in [5, 5.41) is 0.561. The highest BCUT2D eigenvalue weighted by atomic mass is 79.9. The van der Waals surface area contributed by atoms with E-state index in [-0.39, 0.29) is 5.91 Å². The van der Waals surface area contributed by atoms with Crippen molar-refractivity contribution < 1.29 is 4.79 Å². The Hall–Kier alpha value is -2.39. The zero-order valence-corrected chi connectivity index (χ0v) is 15.3.